The van der Waals surface area contributed by atoms with Gasteiger partial charge in [-0.25, -0.2) is 8.42 Å². The zero-order chi connectivity index (χ0) is 20.1. The van der Waals surface area contributed by atoms with Crippen molar-refractivity contribution in [2.75, 3.05) is 19.7 Å². The molecule has 3 rings (SSSR count). The number of rotatable bonds is 7. The fourth-order valence-corrected chi connectivity index (χ4v) is 5.01. The quantitative estimate of drug-likeness (QED) is 0.711. The summed E-state index contributed by atoms with van der Waals surface area (Å²) >= 11 is 12.1. The summed E-state index contributed by atoms with van der Waals surface area (Å²) in [6.45, 7) is 0.856. The molecule has 2 aromatic carbocycles. The summed E-state index contributed by atoms with van der Waals surface area (Å²) in [6.07, 6.45) is 1.64. The van der Waals surface area contributed by atoms with Crippen LogP contribution in [0, 0.1) is 0 Å². The van der Waals surface area contributed by atoms with Gasteiger partial charge in [0.15, 0.2) is 6.61 Å². The predicted octanol–water partition coefficient (Wildman–Crippen LogP) is 3.47. The molecule has 0 spiro atoms. The smallest absolute Gasteiger partial charge is 0.258 e. The SMILES string of the molecule is O=C(COc1ccc(Cl)cc1S(=O)(=O)N1CCCC1)NCc1ccccc1Cl. The van der Waals surface area contributed by atoms with E-state index in [2.05, 4.69) is 5.32 Å². The molecule has 1 fully saturated rings. The highest BCUT2D eigenvalue weighted by molar-refractivity contribution is 7.89. The Hall–Kier alpha value is -1.80. The molecule has 0 aliphatic carbocycles. The largest absolute Gasteiger partial charge is 0.482 e. The lowest BCUT2D eigenvalue weighted by atomic mass is 10.2. The summed E-state index contributed by atoms with van der Waals surface area (Å²) in [5.74, 6) is -0.288. The van der Waals surface area contributed by atoms with Gasteiger partial charge >= 0.3 is 0 Å². The van der Waals surface area contributed by atoms with Crippen LogP contribution in [0.15, 0.2) is 47.4 Å². The lowest BCUT2D eigenvalue weighted by Crippen LogP contribution is -2.30. The zero-order valence-corrected chi connectivity index (χ0v) is 17.4. The van der Waals surface area contributed by atoms with Crippen LogP contribution in [0.4, 0.5) is 0 Å². The van der Waals surface area contributed by atoms with Gasteiger partial charge in [0.2, 0.25) is 10.0 Å². The van der Waals surface area contributed by atoms with E-state index in [-0.39, 0.29) is 34.7 Å². The Morgan fingerprint density at radius 3 is 2.54 bits per heavy atom. The summed E-state index contributed by atoms with van der Waals surface area (Å²) < 4.78 is 32.7. The molecule has 0 radical (unpaired) electrons. The summed E-state index contributed by atoms with van der Waals surface area (Å²) in [6, 6.07) is 11.5. The van der Waals surface area contributed by atoms with Gasteiger partial charge in [-0.2, -0.15) is 4.31 Å². The third kappa shape index (κ3) is 4.97. The number of amides is 1. The lowest BCUT2D eigenvalue weighted by Gasteiger charge is -2.18. The van der Waals surface area contributed by atoms with Crippen LogP contribution in [0.2, 0.25) is 10.0 Å². The van der Waals surface area contributed by atoms with Crippen molar-refractivity contribution in [1.82, 2.24) is 9.62 Å². The van der Waals surface area contributed by atoms with Crippen LogP contribution in [0.3, 0.4) is 0 Å². The number of ether oxygens (including phenoxy) is 1. The van der Waals surface area contributed by atoms with E-state index >= 15 is 0 Å². The minimum absolute atomic E-state index is 0.0270. The molecule has 1 amide bonds. The molecule has 150 valence electrons. The Kier molecular flexibility index (Phi) is 6.82. The second-order valence-electron chi connectivity index (χ2n) is 6.36. The van der Waals surface area contributed by atoms with E-state index in [1.54, 1.807) is 12.1 Å². The number of hydrogen-bond donors (Lipinski definition) is 1. The third-order valence-electron chi connectivity index (χ3n) is 4.38. The zero-order valence-electron chi connectivity index (χ0n) is 15.0. The fraction of sp³-hybridized carbons (Fsp3) is 0.316. The molecule has 2 aromatic rings. The van der Waals surface area contributed by atoms with Gasteiger partial charge in [0.1, 0.15) is 10.6 Å². The molecule has 9 heteroatoms. The summed E-state index contributed by atoms with van der Waals surface area (Å²) in [5.41, 5.74) is 0.779. The van der Waals surface area contributed by atoms with Crippen LogP contribution in [-0.2, 0) is 21.4 Å². The van der Waals surface area contributed by atoms with Crippen molar-refractivity contribution in [2.45, 2.75) is 24.3 Å². The highest BCUT2D eigenvalue weighted by Gasteiger charge is 2.30. The van der Waals surface area contributed by atoms with E-state index < -0.39 is 10.0 Å². The van der Waals surface area contributed by atoms with Crippen LogP contribution in [0.1, 0.15) is 18.4 Å². The number of halogens is 2. The van der Waals surface area contributed by atoms with Gasteiger partial charge in [0.25, 0.3) is 5.91 Å². The monoisotopic (exact) mass is 442 g/mol. The van der Waals surface area contributed by atoms with Crippen molar-refractivity contribution >= 4 is 39.1 Å². The third-order valence-corrected chi connectivity index (χ3v) is 6.90. The maximum absolute atomic E-state index is 12.9. The van der Waals surface area contributed by atoms with Gasteiger partial charge in [-0.1, -0.05) is 41.4 Å². The molecule has 1 N–H and O–H groups in total. The number of carbonyl (C=O) groups is 1. The molecule has 0 saturated carbocycles. The molecule has 0 atom stereocenters. The molecule has 1 saturated heterocycles. The molecular weight excluding hydrogens is 423 g/mol. The molecule has 1 aliphatic rings. The van der Waals surface area contributed by atoms with Crippen molar-refractivity contribution in [3.63, 3.8) is 0 Å². The average molecular weight is 443 g/mol. The standard InChI is InChI=1S/C19H20Cl2N2O4S/c20-15-7-8-17(18(11-15)28(25,26)23-9-3-4-10-23)27-13-19(24)22-12-14-5-1-2-6-16(14)21/h1-2,5-8,11H,3-4,9-10,12-13H2,(H,22,24). The molecule has 0 unspecified atom stereocenters. The van der Waals surface area contributed by atoms with Gasteiger partial charge in [-0.15, -0.1) is 0 Å². The van der Waals surface area contributed by atoms with E-state index in [0.717, 1.165) is 18.4 Å². The van der Waals surface area contributed by atoms with Gasteiger partial charge in [-0.3, -0.25) is 4.79 Å². The van der Waals surface area contributed by atoms with Crippen molar-refractivity contribution in [3.8, 4) is 5.75 Å². The number of nitrogens with zero attached hydrogens (tertiary/aromatic N) is 1. The maximum Gasteiger partial charge on any atom is 0.258 e. The van der Waals surface area contributed by atoms with E-state index in [0.29, 0.717) is 18.1 Å². The second kappa shape index (κ2) is 9.13. The van der Waals surface area contributed by atoms with Crippen molar-refractivity contribution in [2.24, 2.45) is 0 Å². The number of sulfonamides is 1. The van der Waals surface area contributed by atoms with Crippen molar-refractivity contribution < 1.29 is 17.9 Å². The molecule has 1 aliphatic heterocycles. The van der Waals surface area contributed by atoms with E-state index in [1.165, 1.54) is 22.5 Å². The molecule has 0 aromatic heterocycles. The molecule has 1 heterocycles. The topological polar surface area (TPSA) is 75.7 Å². The Bertz CT molecular complexity index is 960. The van der Waals surface area contributed by atoms with E-state index in [9.17, 15) is 13.2 Å². The highest BCUT2D eigenvalue weighted by atomic mass is 35.5. The van der Waals surface area contributed by atoms with E-state index in [4.69, 9.17) is 27.9 Å². The minimum atomic E-state index is -3.73. The van der Waals surface area contributed by atoms with Gasteiger partial charge < -0.3 is 10.1 Å². The normalized spacial score (nSPS) is 14.8. The van der Waals surface area contributed by atoms with Crippen molar-refractivity contribution in [3.05, 3.63) is 58.1 Å². The Labute approximate surface area is 174 Å². The van der Waals surface area contributed by atoms with Crippen LogP contribution in [0.5, 0.6) is 5.75 Å². The lowest BCUT2D eigenvalue weighted by molar-refractivity contribution is -0.123. The van der Waals surface area contributed by atoms with Crippen LogP contribution < -0.4 is 10.1 Å². The number of hydrogen-bond acceptors (Lipinski definition) is 4. The van der Waals surface area contributed by atoms with Crippen LogP contribution in [0.25, 0.3) is 0 Å². The van der Waals surface area contributed by atoms with Crippen molar-refractivity contribution in [1.29, 1.82) is 0 Å². The molecule has 6 nitrogen and oxygen atoms in total. The predicted molar refractivity (Wildman–Crippen MR) is 108 cm³/mol. The van der Waals surface area contributed by atoms with Gasteiger partial charge in [-0.05, 0) is 42.7 Å². The summed E-state index contributed by atoms with van der Waals surface area (Å²) in [5, 5.41) is 3.54. The van der Waals surface area contributed by atoms with Crippen LogP contribution in [-0.4, -0.2) is 38.3 Å². The number of nitrogens with one attached hydrogen (secondary N) is 1. The first-order valence-corrected chi connectivity index (χ1v) is 11.0. The first-order valence-electron chi connectivity index (χ1n) is 8.80. The fourth-order valence-electron chi connectivity index (χ4n) is 2.90. The second-order valence-corrected chi connectivity index (χ2v) is 9.11. The van der Waals surface area contributed by atoms with E-state index in [1.807, 2.05) is 12.1 Å². The summed E-state index contributed by atoms with van der Waals surface area (Å²) in [7, 11) is -3.73. The molecule has 28 heavy (non-hydrogen) atoms. The first-order chi connectivity index (χ1) is 13.4. The molecule has 0 bridgehead atoms. The first kappa shape index (κ1) is 20.9. The Morgan fingerprint density at radius 1 is 1.11 bits per heavy atom. The maximum atomic E-state index is 12.9. The average Bonchev–Trinajstić information content (AvgIpc) is 3.22. The van der Waals surface area contributed by atoms with Crippen LogP contribution >= 0.6 is 23.2 Å². The summed E-state index contributed by atoms with van der Waals surface area (Å²) in [4.78, 5) is 12.1. The van der Waals surface area contributed by atoms with Gasteiger partial charge in [0.05, 0.1) is 0 Å². The number of benzene rings is 2. The van der Waals surface area contributed by atoms with Gasteiger partial charge in [0, 0.05) is 29.7 Å². The minimum Gasteiger partial charge on any atom is -0.482 e. The molecular formula is C19H20Cl2N2O4S. The Morgan fingerprint density at radius 2 is 1.82 bits per heavy atom. The highest BCUT2D eigenvalue weighted by Crippen LogP contribution is 2.31. The number of carbonyl (C=O) groups excluding carboxylic acids is 1. The Balaban J connectivity index is 1.67.